The second kappa shape index (κ2) is 6.73. The Bertz CT molecular complexity index is 721. The monoisotopic (exact) mass is 344 g/mol. The SMILES string of the molecule is O=C(NCCc1csc2ccccc12)N1CCC2(CCOCC2)C1. The van der Waals surface area contributed by atoms with E-state index in [4.69, 9.17) is 4.74 Å². The number of carbonyl (C=O) groups is 1. The molecule has 1 spiro atoms. The van der Waals surface area contributed by atoms with Crippen molar-refractivity contribution in [1.29, 1.82) is 0 Å². The van der Waals surface area contributed by atoms with Gasteiger partial charge >= 0.3 is 6.03 Å². The van der Waals surface area contributed by atoms with Gasteiger partial charge in [-0.2, -0.15) is 0 Å². The van der Waals surface area contributed by atoms with Gasteiger partial charge < -0.3 is 15.0 Å². The third kappa shape index (κ3) is 3.15. The number of carbonyl (C=O) groups excluding carboxylic acids is 1. The van der Waals surface area contributed by atoms with Gasteiger partial charge in [-0.15, -0.1) is 11.3 Å². The van der Waals surface area contributed by atoms with Gasteiger partial charge in [0.25, 0.3) is 0 Å². The predicted molar refractivity (Wildman–Crippen MR) is 97.6 cm³/mol. The number of nitrogens with zero attached hydrogens (tertiary/aromatic N) is 1. The molecule has 2 saturated heterocycles. The fourth-order valence-corrected chi connectivity index (χ4v) is 4.96. The van der Waals surface area contributed by atoms with Crippen LogP contribution in [0.5, 0.6) is 0 Å². The van der Waals surface area contributed by atoms with Crippen molar-refractivity contribution in [3.05, 3.63) is 35.2 Å². The first-order chi connectivity index (χ1) is 11.8. The summed E-state index contributed by atoms with van der Waals surface area (Å²) in [4.78, 5) is 14.4. The molecule has 2 aliphatic rings. The maximum absolute atomic E-state index is 12.4. The van der Waals surface area contributed by atoms with Crippen LogP contribution in [0.1, 0.15) is 24.8 Å². The molecule has 2 aromatic rings. The third-order valence-corrected chi connectivity index (χ3v) is 6.52. The lowest BCUT2D eigenvalue weighted by Crippen LogP contribution is -2.41. The highest BCUT2D eigenvalue weighted by atomic mass is 32.1. The summed E-state index contributed by atoms with van der Waals surface area (Å²) in [6.45, 7) is 4.17. The van der Waals surface area contributed by atoms with Crippen molar-refractivity contribution in [2.24, 2.45) is 5.41 Å². The Morgan fingerprint density at radius 2 is 2.08 bits per heavy atom. The van der Waals surface area contributed by atoms with E-state index in [1.165, 1.54) is 15.6 Å². The van der Waals surface area contributed by atoms with Crippen molar-refractivity contribution >= 4 is 27.5 Å². The number of nitrogens with one attached hydrogen (secondary N) is 1. The smallest absolute Gasteiger partial charge is 0.317 e. The van der Waals surface area contributed by atoms with Crippen LogP contribution in [0.25, 0.3) is 10.1 Å². The van der Waals surface area contributed by atoms with Gasteiger partial charge in [0.05, 0.1) is 0 Å². The van der Waals surface area contributed by atoms with E-state index in [9.17, 15) is 4.79 Å². The first kappa shape index (κ1) is 15.9. The summed E-state index contributed by atoms with van der Waals surface area (Å²) in [5.74, 6) is 0. The highest BCUT2D eigenvalue weighted by molar-refractivity contribution is 7.17. The van der Waals surface area contributed by atoms with Crippen LogP contribution in [0, 0.1) is 5.41 Å². The minimum absolute atomic E-state index is 0.0953. The van der Waals surface area contributed by atoms with Crippen molar-refractivity contribution in [3.8, 4) is 0 Å². The first-order valence-electron chi connectivity index (χ1n) is 8.81. The third-order valence-electron chi connectivity index (χ3n) is 5.51. The number of rotatable bonds is 3. The van der Waals surface area contributed by atoms with Crippen molar-refractivity contribution in [2.75, 3.05) is 32.8 Å². The van der Waals surface area contributed by atoms with Gasteiger partial charge in [0.15, 0.2) is 0 Å². The van der Waals surface area contributed by atoms with Crippen LogP contribution in [-0.4, -0.2) is 43.8 Å². The highest BCUT2D eigenvalue weighted by Gasteiger charge is 2.40. The lowest BCUT2D eigenvalue weighted by atomic mass is 9.80. The Morgan fingerprint density at radius 1 is 1.25 bits per heavy atom. The molecule has 4 nitrogen and oxygen atoms in total. The largest absolute Gasteiger partial charge is 0.381 e. The molecule has 0 unspecified atom stereocenters. The molecule has 1 aromatic heterocycles. The quantitative estimate of drug-likeness (QED) is 0.923. The number of likely N-dealkylation sites (tertiary alicyclic amines) is 1. The molecule has 0 bridgehead atoms. The Labute approximate surface area is 146 Å². The number of urea groups is 1. The fraction of sp³-hybridized carbons (Fsp3) is 0.526. The maximum Gasteiger partial charge on any atom is 0.317 e. The molecule has 1 aromatic carbocycles. The van der Waals surface area contributed by atoms with Crippen LogP contribution >= 0.6 is 11.3 Å². The van der Waals surface area contributed by atoms with Crippen molar-refractivity contribution in [3.63, 3.8) is 0 Å². The molecule has 0 saturated carbocycles. The summed E-state index contributed by atoms with van der Waals surface area (Å²) in [6.07, 6.45) is 4.21. The maximum atomic E-state index is 12.4. The molecule has 128 valence electrons. The average molecular weight is 344 g/mol. The number of amides is 2. The molecular weight excluding hydrogens is 320 g/mol. The van der Waals surface area contributed by atoms with Gasteiger partial charge in [-0.25, -0.2) is 4.79 Å². The Hall–Kier alpha value is -1.59. The molecule has 24 heavy (non-hydrogen) atoms. The van der Waals surface area contributed by atoms with E-state index in [0.717, 1.165) is 52.0 Å². The molecule has 3 heterocycles. The van der Waals surface area contributed by atoms with E-state index in [-0.39, 0.29) is 6.03 Å². The van der Waals surface area contributed by atoms with Crippen LogP contribution in [0.15, 0.2) is 29.6 Å². The number of benzene rings is 1. The second-order valence-electron chi connectivity index (χ2n) is 7.02. The number of ether oxygens (including phenoxy) is 1. The zero-order valence-electron chi connectivity index (χ0n) is 13.9. The summed E-state index contributed by atoms with van der Waals surface area (Å²) in [5.41, 5.74) is 1.65. The zero-order valence-corrected chi connectivity index (χ0v) is 14.7. The van der Waals surface area contributed by atoms with E-state index in [0.29, 0.717) is 12.0 Å². The van der Waals surface area contributed by atoms with E-state index in [2.05, 4.69) is 35.0 Å². The molecule has 2 aliphatic heterocycles. The molecular formula is C19H24N2O2S. The first-order valence-corrected chi connectivity index (χ1v) is 9.69. The summed E-state index contributed by atoms with van der Waals surface area (Å²) >= 11 is 1.78. The number of fused-ring (bicyclic) bond motifs is 1. The van der Waals surface area contributed by atoms with E-state index in [1.807, 2.05) is 4.90 Å². The number of thiophene rings is 1. The minimum Gasteiger partial charge on any atom is -0.381 e. The van der Waals surface area contributed by atoms with E-state index < -0.39 is 0 Å². The molecule has 0 aliphatic carbocycles. The second-order valence-corrected chi connectivity index (χ2v) is 7.93. The molecule has 2 fully saturated rings. The highest BCUT2D eigenvalue weighted by Crippen LogP contribution is 2.39. The summed E-state index contributed by atoms with van der Waals surface area (Å²) < 4.78 is 6.79. The standard InChI is InChI=1S/C19H24N2O2S/c22-18(21-10-6-19(14-21)7-11-23-12-8-19)20-9-5-15-13-24-17-4-2-1-3-16(15)17/h1-4,13H,5-12,14H2,(H,20,22). The van der Waals surface area contributed by atoms with Crippen LogP contribution in [-0.2, 0) is 11.2 Å². The van der Waals surface area contributed by atoms with E-state index >= 15 is 0 Å². The minimum atomic E-state index is 0.0953. The van der Waals surface area contributed by atoms with Gasteiger partial charge in [0, 0.05) is 37.5 Å². The lowest BCUT2D eigenvalue weighted by molar-refractivity contribution is 0.0209. The van der Waals surface area contributed by atoms with Crippen LogP contribution in [0.3, 0.4) is 0 Å². The van der Waals surface area contributed by atoms with Gasteiger partial charge in [0.1, 0.15) is 0 Å². The lowest BCUT2D eigenvalue weighted by Gasteiger charge is -2.33. The Balaban J connectivity index is 1.29. The Kier molecular flexibility index (Phi) is 4.46. The van der Waals surface area contributed by atoms with Crippen LogP contribution in [0.4, 0.5) is 4.79 Å². The molecule has 0 radical (unpaired) electrons. The van der Waals surface area contributed by atoms with Crippen molar-refractivity contribution < 1.29 is 9.53 Å². The fourth-order valence-electron chi connectivity index (χ4n) is 3.96. The van der Waals surface area contributed by atoms with Crippen molar-refractivity contribution in [2.45, 2.75) is 25.7 Å². The molecule has 2 amide bonds. The van der Waals surface area contributed by atoms with Gasteiger partial charge in [0.2, 0.25) is 0 Å². The zero-order chi connectivity index (χ0) is 16.4. The average Bonchev–Trinajstić information content (AvgIpc) is 3.21. The van der Waals surface area contributed by atoms with Gasteiger partial charge in [-0.1, -0.05) is 18.2 Å². The molecule has 4 rings (SSSR count). The Morgan fingerprint density at radius 3 is 2.96 bits per heavy atom. The summed E-state index contributed by atoms with van der Waals surface area (Å²) in [6, 6.07) is 8.56. The van der Waals surface area contributed by atoms with E-state index in [1.54, 1.807) is 11.3 Å². The van der Waals surface area contributed by atoms with Crippen molar-refractivity contribution in [1.82, 2.24) is 10.2 Å². The summed E-state index contributed by atoms with van der Waals surface area (Å²) in [7, 11) is 0. The molecule has 0 atom stereocenters. The number of hydrogen-bond donors (Lipinski definition) is 1. The topological polar surface area (TPSA) is 41.6 Å². The predicted octanol–water partition coefficient (Wildman–Crippen LogP) is 3.66. The van der Waals surface area contributed by atoms with Crippen LogP contribution in [0.2, 0.25) is 0 Å². The number of hydrogen-bond acceptors (Lipinski definition) is 3. The van der Waals surface area contributed by atoms with Crippen LogP contribution < -0.4 is 5.32 Å². The molecule has 5 heteroatoms. The summed E-state index contributed by atoms with van der Waals surface area (Å²) in [5, 5.41) is 6.64. The normalized spacial score (nSPS) is 19.9. The van der Waals surface area contributed by atoms with Gasteiger partial charge in [-0.3, -0.25) is 0 Å². The molecule has 1 N–H and O–H groups in total. The van der Waals surface area contributed by atoms with Gasteiger partial charge in [-0.05, 0) is 53.5 Å².